The van der Waals surface area contributed by atoms with Crippen LogP contribution in [0, 0.1) is 6.92 Å². The van der Waals surface area contributed by atoms with Gasteiger partial charge in [-0.2, -0.15) is 0 Å². The summed E-state index contributed by atoms with van der Waals surface area (Å²) < 4.78 is 11.0. The molecule has 0 saturated carbocycles. The third-order valence-electron chi connectivity index (χ3n) is 3.72. The predicted octanol–water partition coefficient (Wildman–Crippen LogP) is 5.60. The molecule has 0 spiro atoms. The summed E-state index contributed by atoms with van der Waals surface area (Å²) in [6.07, 6.45) is 0. The molecule has 132 valence electrons. The van der Waals surface area contributed by atoms with Crippen molar-refractivity contribution in [2.45, 2.75) is 6.92 Å². The lowest BCUT2D eigenvalue weighted by molar-refractivity contribution is 0.415. The van der Waals surface area contributed by atoms with E-state index >= 15 is 0 Å². The summed E-state index contributed by atoms with van der Waals surface area (Å²) in [5, 5.41) is 6.80. The Balaban J connectivity index is 1.56. The van der Waals surface area contributed by atoms with Crippen LogP contribution >= 0.6 is 12.2 Å². The first-order chi connectivity index (χ1) is 12.6. The highest BCUT2D eigenvalue weighted by Crippen LogP contribution is 2.23. The normalized spacial score (nSPS) is 10.1. The van der Waals surface area contributed by atoms with Crippen LogP contribution in [0.4, 0.5) is 11.4 Å². The maximum Gasteiger partial charge on any atom is 0.175 e. The summed E-state index contributed by atoms with van der Waals surface area (Å²) in [6.45, 7) is 2.05. The first kappa shape index (κ1) is 17.8. The van der Waals surface area contributed by atoms with Crippen LogP contribution in [0.5, 0.6) is 17.2 Å². The van der Waals surface area contributed by atoms with Gasteiger partial charge in [-0.1, -0.05) is 17.7 Å². The molecule has 0 bridgehead atoms. The second-order valence-corrected chi connectivity index (χ2v) is 6.16. The van der Waals surface area contributed by atoms with Crippen LogP contribution in [0.15, 0.2) is 72.8 Å². The fourth-order valence-corrected chi connectivity index (χ4v) is 2.55. The van der Waals surface area contributed by atoms with Gasteiger partial charge in [0.25, 0.3) is 0 Å². The molecule has 0 aliphatic carbocycles. The summed E-state index contributed by atoms with van der Waals surface area (Å²) in [5.74, 6) is 2.39. The fraction of sp³-hybridized carbons (Fsp3) is 0.0952. The lowest BCUT2D eigenvalue weighted by Gasteiger charge is -2.12. The molecule has 0 unspecified atom stereocenters. The SMILES string of the molecule is COc1ccc(NC(=S)Nc2ccc(Oc3ccc(C)cc3)cc2)cc1. The Hall–Kier alpha value is -3.05. The molecule has 4 nitrogen and oxygen atoms in total. The third kappa shape index (κ3) is 4.97. The molecular formula is C21H20N2O2S. The van der Waals surface area contributed by atoms with Crippen LogP contribution < -0.4 is 20.1 Å². The maximum absolute atomic E-state index is 5.82. The van der Waals surface area contributed by atoms with E-state index in [2.05, 4.69) is 10.6 Å². The van der Waals surface area contributed by atoms with E-state index in [-0.39, 0.29) is 0 Å². The minimum Gasteiger partial charge on any atom is -0.497 e. The van der Waals surface area contributed by atoms with Crippen molar-refractivity contribution in [1.29, 1.82) is 0 Å². The zero-order valence-corrected chi connectivity index (χ0v) is 15.5. The van der Waals surface area contributed by atoms with Gasteiger partial charge in [-0.05, 0) is 79.8 Å². The third-order valence-corrected chi connectivity index (χ3v) is 3.92. The van der Waals surface area contributed by atoms with E-state index in [0.29, 0.717) is 5.11 Å². The van der Waals surface area contributed by atoms with Gasteiger partial charge in [-0.15, -0.1) is 0 Å². The van der Waals surface area contributed by atoms with Gasteiger partial charge in [0.15, 0.2) is 5.11 Å². The Morgan fingerprint density at radius 2 is 1.12 bits per heavy atom. The van der Waals surface area contributed by atoms with Crippen molar-refractivity contribution in [1.82, 2.24) is 0 Å². The van der Waals surface area contributed by atoms with Gasteiger partial charge >= 0.3 is 0 Å². The van der Waals surface area contributed by atoms with E-state index in [4.69, 9.17) is 21.7 Å². The second-order valence-electron chi connectivity index (χ2n) is 5.75. The van der Waals surface area contributed by atoms with Crippen molar-refractivity contribution in [3.05, 3.63) is 78.4 Å². The number of benzene rings is 3. The number of nitrogens with one attached hydrogen (secondary N) is 2. The smallest absolute Gasteiger partial charge is 0.175 e. The Bertz CT molecular complexity index is 860. The molecule has 0 aromatic heterocycles. The zero-order valence-electron chi connectivity index (χ0n) is 14.7. The Labute approximate surface area is 158 Å². The lowest BCUT2D eigenvalue weighted by Crippen LogP contribution is -2.18. The van der Waals surface area contributed by atoms with E-state index in [1.807, 2.05) is 79.7 Å². The van der Waals surface area contributed by atoms with Gasteiger partial charge in [0.1, 0.15) is 17.2 Å². The van der Waals surface area contributed by atoms with Gasteiger partial charge in [-0.3, -0.25) is 0 Å². The standard InChI is InChI=1S/C21H20N2O2S/c1-15-3-9-19(10-4-15)25-20-13-7-17(8-14-20)23-21(26)22-16-5-11-18(24-2)12-6-16/h3-14H,1-2H3,(H2,22,23,26). The molecular weight excluding hydrogens is 344 g/mol. The van der Waals surface area contributed by atoms with Gasteiger partial charge in [0.05, 0.1) is 7.11 Å². The van der Waals surface area contributed by atoms with E-state index in [0.717, 1.165) is 28.6 Å². The van der Waals surface area contributed by atoms with Crippen LogP contribution in [0.1, 0.15) is 5.56 Å². The van der Waals surface area contributed by atoms with Crippen molar-refractivity contribution in [3.63, 3.8) is 0 Å². The number of hydrogen-bond acceptors (Lipinski definition) is 3. The number of anilines is 2. The van der Waals surface area contributed by atoms with Gasteiger partial charge < -0.3 is 20.1 Å². The molecule has 0 aliphatic heterocycles. The number of rotatable bonds is 5. The number of methoxy groups -OCH3 is 1. The van der Waals surface area contributed by atoms with Crippen molar-refractivity contribution in [2.75, 3.05) is 17.7 Å². The summed E-state index contributed by atoms with van der Waals surface area (Å²) in [7, 11) is 1.64. The van der Waals surface area contributed by atoms with Gasteiger partial charge in [0, 0.05) is 11.4 Å². The minimum atomic E-state index is 0.516. The number of aryl methyl sites for hydroxylation is 1. The highest BCUT2D eigenvalue weighted by molar-refractivity contribution is 7.80. The monoisotopic (exact) mass is 364 g/mol. The van der Waals surface area contributed by atoms with Crippen LogP contribution in [0.3, 0.4) is 0 Å². The maximum atomic E-state index is 5.82. The van der Waals surface area contributed by atoms with Crippen LogP contribution in [-0.2, 0) is 0 Å². The molecule has 0 saturated heterocycles. The molecule has 0 heterocycles. The van der Waals surface area contributed by atoms with Crippen molar-refractivity contribution in [2.24, 2.45) is 0 Å². The average Bonchev–Trinajstić information content (AvgIpc) is 2.66. The average molecular weight is 364 g/mol. The molecule has 0 amide bonds. The van der Waals surface area contributed by atoms with Crippen LogP contribution in [-0.4, -0.2) is 12.2 Å². The first-order valence-electron chi connectivity index (χ1n) is 8.19. The van der Waals surface area contributed by atoms with Crippen LogP contribution in [0.2, 0.25) is 0 Å². The van der Waals surface area contributed by atoms with E-state index in [9.17, 15) is 0 Å². The predicted molar refractivity (Wildman–Crippen MR) is 111 cm³/mol. The first-order valence-corrected chi connectivity index (χ1v) is 8.60. The molecule has 0 fully saturated rings. The molecule has 5 heteroatoms. The summed E-state index contributed by atoms with van der Waals surface area (Å²) >= 11 is 5.34. The molecule has 0 atom stereocenters. The highest BCUT2D eigenvalue weighted by Gasteiger charge is 2.01. The number of thiocarbonyl (C=S) groups is 1. The Morgan fingerprint density at radius 3 is 1.58 bits per heavy atom. The van der Waals surface area contributed by atoms with Crippen LogP contribution in [0.25, 0.3) is 0 Å². The molecule has 2 N–H and O–H groups in total. The molecule has 3 rings (SSSR count). The van der Waals surface area contributed by atoms with Gasteiger partial charge in [0.2, 0.25) is 0 Å². The summed E-state index contributed by atoms with van der Waals surface area (Å²) in [6, 6.07) is 23.2. The number of hydrogen-bond donors (Lipinski definition) is 2. The molecule has 3 aromatic rings. The topological polar surface area (TPSA) is 42.5 Å². The quantitative estimate of drug-likeness (QED) is 0.577. The minimum absolute atomic E-state index is 0.516. The number of ether oxygens (including phenoxy) is 2. The fourth-order valence-electron chi connectivity index (χ4n) is 2.32. The van der Waals surface area contributed by atoms with E-state index < -0.39 is 0 Å². The van der Waals surface area contributed by atoms with E-state index in [1.165, 1.54) is 5.56 Å². The van der Waals surface area contributed by atoms with Crippen molar-refractivity contribution < 1.29 is 9.47 Å². The second kappa shape index (κ2) is 8.36. The summed E-state index contributed by atoms with van der Waals surface area (Å²) in [5.41, 5.74) is 2.98. The van der Waals surface area contributed by atoms with Gasteiger partial charge in [-0.25, -0.2) is 0 Å². The zero-order chi connectivity index (χ0) is 18.4. The van der Waals surface area contributed by atoms with Crippen molar-refractivity contribution in [3.8, 4) is 17.2 Å². The lowest BCUT2D eigenvalue weighted by atomic mass is 10.2. The summed E-state index contributed by atoms with van der Waals surface area (Å²) in [4.78, 5) is 0. The molecule has 26 heavy (non-hydrogen) atoms. The molecule has 0 radical (unpaired) electrons. The highest BCUT2D eigenvalue weighted by atomic mass is 32.1. The molecule has 0 aliphatic rings. The largest absolute Gasteiger partial charge is 0.497 e. The Morgan fingerprint density at radius 1 is 0.692 bits per heavy atom. The molecule has 3 aromatic carbocycles. The van der Waals surface area contributed by atoms with E-state index in [1.54, 1.807) is 7.11 Å². The van der Waals surface area contributed by atoms with Crippen molar-refractivity contribution >= 4 is 28.7 Å². The Kier molecular flexibility index (Phi) is 5.71.